The smallest absolute Gasteiger partial charge is 0.286 e. The lowest BCUT2D eigenvalue weighted by Crippen LogP contribution is -2.29. The van der Waals surface area contributed by atoms with Crippen molar-refractivity contribution >= 4 is 11.6 Å². The van der Waals surface area contributed by atoms with Crippen LogP contribution in [0.2, 0.25) is 0 Å². The summed E-state index contributed by atoms with van der Waals surface area (Å²) in [6.07, 6.45) is 1.71. The first-order valence-electron chi connectivity index (χ1n) is 4.61. The van der Waals surface area contributed by atoms with E-state index in [2.05, 4.69) is 15.8 Å². The van der Waals surface area contributed by atoms with Crippen LogP contribution in [0.4, 0.5) is 5.69 Å². The fraction of sp³-hybridized carbons (Fsp3) is 0. The van der Waals surface area contributed by atoms with Crippen LogP contribution >= 0.6 is 0 Å². The van der Waals surface area contributed by atoms with E-state index >= 15 is 0 Å². The lowest BCUT2D eigenvalue weighted by atomic mass is 10.3. The molecule has 0 spiro atoms. The van der Waals surface area contributed by atoms with Crippen LogP contribution in [0.15, 0.2) is 48.7 Å². The van der Waals surface area contributed by atoms with E-state index in [0.29, 0.717) is 5.69 Å². The van der Waals surface area contributed by atoms with Crippen LogP contribution in [-0.4, -0.2) is 10.9 Å². The van der Waals surface area contributed by atoms with E-state index in [4.69, 9.17) is 0 Å². The van der Waals surface area contributed by atoms with Gasteiger partial charge in [0.15, 0.2) is 0 Å². The zero-order chi connectivity index (χ0) is 10.5. The fourth-order valence-corrected chi connectivity index (χ4v) is 1.19. The van der Waals surface area contributed by atoms with Gasteiger partial charge in [-0.1, -0.05) is 18.2 Å². The Morgan fingerprint density at radius 2 is 1.87 bits per heavy atom. The van der Waals surface area contributed by atoms with E-state index in [1.54, 1.807) is 18.3 Å². The van der Waals surface area contributed by atoms with Crippen LogP contribution in [-0.2, 0) is 0 Å². The highest BCUT2D eigenvalue weighted by atomic mass is 16.2. The maximum absolute atomic E-state index is 11.5. The molecule has 0 saturated heterocycles. The number of aromatic nitrogens is 1. The van der Waals surface area contributed by atoms with E-state index < -0.39 is 0 Å². The molecule has 15 heavy (non-hydrogen) atoms. The zero-order valence-corrected chi connectivity index (χ0v) is 8.03. The maximum atomic E-state index is 11.5. The molecule has 0 aliphatic carbocycles. The van der Waals surface area contributed by atoms with Gasteiger partial charge in [0.1, 0.15) is 5.69 Å². The van der Waals surface area contributed by atoms with Gasteiger partial charge in [-0.15, -0.1) is 0 Å². The summed E-state index contributed by atoms with van der Waals surface area (Å²) in [6, 6.07) is 12.9. The summed E-state index contributed by atoms with van der Waals surface area (Å²) in [5, 5.41) is 0. The van der Waals surface area contributed by atoms with Gasteiger partial charge in [-0.25, -0.2) is 0 Å². The number of anilines is 1. The minimum atomic E-state index is -0.191. The molecule has 1 aromatic carbocycles. The summed E-state index contributed by atoms with van der Waals surface area (Å²) in [5.74, 6) is -0.191. The van der Waals surface area contributed by atoms with Crippen molar-refractivity contribution in [3.8, 4) is 0 Å². The summed E-state index contributed by atoms with van der Waals surface area (Å²) < 4.78 is 0. The minimum absolute atomic E-state index is 0.191. The average molecular weight is 201 g/mol. The summed E-state index contributed by atoms with van der Waals surface area (Å²) >= 11 is 0. The molecular weight excluding hydrogens is 190 g/mol. The minimum Gasteiger partial charge on any atom is -0.357 e. The Morgan fingerprint density at radius 1 is 1.07 bits per heavy atom. The highest BCUT2D eigenvalue weighted by Gasteiger charge is 2.03. The second-order valence-corrected chi connectivity index (χ2v) is 3.03. The molecule has 0 fully saturated rings. The molecule has 0 atom stereocenters. The predicted molar refractivity (Wildman–Crippen MR) is 58.3 cm³/mol. The van der Waals surface area contributed by atoms with Gasteiger partial charge in [0.2, 0.25) is 0 Å². The molecule has 2 rings (SSSR count). The Morgan fingerprint density at radius 3 is 2.53 bits per heavy atom. The molecule has 1 aromatic heterocycles. The van der Waals surface area contributed by atoms with E-state index in [9.17, 15) is 4.79 Å². The Kier molecular flexibility index (Phi) is 2.69. The van der Waals surface area contributed by atoms with Crippen molar-refractivity contribution in [2.75, 3.05) is 5.43 Å². The number of para-hydroxylation sites is 1. The molecule has 0 radical (unpaired) electrons. The molecule has 0 unspecified atom stereocenters. The summed E-state index contributed by atoms with van der Waals surface area (Å²) in [6.45, 7) is 0. The van der Waals surface area contributed by atoms with Gasteiger partial charge < -0.3 is 4.98 Å². The number of hydrazine groups is 1. The summed E-state index contributed by atoms with van der Waals surface area (Å²) in [7, 11) is 0. The van der Waals surface area contributed by atoms with Crippen LogP contribution in [0, 0.1) is 0 Å². The van der Waals surface area contributed by atoms with Crippen molar-refractivity contribution < 1.29 is 4.79 Å². The normalized spacial score (nSPS) is 9.60. The first-order chi connectivity index (χ1) is 7.36. The summed E-state index contributed by atoms with van der Waals surface area (Å²) in [5.41, 5.74) is 6.77. The van der Waals surface area contributed by atoms with Crippen LogP contribution < -0.4 is 10.9 Å². The van der Waals surface area contributed by atoms with Gasteiger partial charge >= 0.3 is 0 Å². The zero-order valence-electron chi connectivity index (χ0n) is 8.03. The topological polar surface area (TPSA) is 56.9 Å². The Hall–Kier alpha value is -2.23. The molecule has 0 aliphatic rings. The Balaban J connectivity index is 1.92. The molecule has 1 amide bonds. The monoisotopic (exact) mass is 201 g/mol. The molecule has 76 valence electrons. The van der Waals surface area contributed by atoms with Gasteiger partial charge in [-0.2, -0.15) is 0 Å². The van der Waals surface area contributed by atoms with Crippen LogP contribution in [0.25, 0.3) is 0 Å². The first kappa shape index (κ1) is 9.33. The Labute approximate surface area is 87.3 Å². The number of rotatable bonds is 3. The SMILES string of the molecule is O=C(NNc1ccccc1)c1ccc[nH]1. The molecule has 2 aromatic rings. The number of hydrogen-bond donors (Lipinski definition) is 3. The van der Waals surface area contributed by atoms with Crippen molar-refractivity contribution in [2.24, 2.45) is 0 Å². The molecule has 0 aliphatic heterocycles. The molecular formula is C11H11N3O. The standard InChI is InChI=1S/C11H11N3O/c15-11(10-7-4-8-12-10)14-13-9-5-2-1-3-6-9/h1-8,12-13H,(H,14,15). The lowest BCUT2D eigenvalue weighted by Gasteiger charge is -2.06. The number of benzene rings is 1. The van der Waals surface area contributed by atoms with E-state index in [1.807, 2.05) is 30.3 Å². The second-order valence-electron chi connectivity index (χ2n) is 3.03. The number of aromatic amines is 1. The van der Waals surface area contributed by atoms with Crippen molar-refractivity contribution in [3.63, 3.8) is 0 Å². The van der Waals surface area contributed by atoms with Gasteiger partial charge in [0.05, 0.1) is 5.69 Å². The van der Waals surface area contributed by atoms with Gasteiger partial charge in [-0.3, -0.25) is 15.6 Å². The highest BCUT2D eigenvalue weighted by Crippen LogP contribution is 2.03. The number of carbonyl (C=O) groups is 1. The van der Waals surface area contributed by atoms with Crippen molar-refractivity contribution in [3.05, 3.63) is 54.4 Å². The molecule has 0 saturated carbocycles. The fourth-order valence-electron chi connectivity index (χ4n) is 1.19. The molecule has 3 N–H and O–H groups in total. The van der Waals surface area contributed by atoms with Gasteiger partial charge in [0.25, 0.3) is 5.91 Å². The third-order valence-corrected chi connectivity index (χ3v) is 1.94. The van der Waals surface area contributed by atoms with Crippen LogP contribution in [0.5, 0.6) is 0 Å². The molecule has 4 heteroatoms. The molecule has 1 heterocycles. The number of nitrogens with one attached hydrogen (secondary N) is 3. The second kappa shape index (κ2) is 4.32. The predicted octanol–water partition coefficient (Wildman–Crippen LogP) is 1.77. The highest BCUT2D eigenvalue weighted by molar-refractivity contribution is 5.93. The van der Waals surface area contributed by atoms with Crippen LogP contribution in [0.3, 0.4) is 0 Å². The number of amides is 1. The van der Waals surface area contributed by atoms with Crippen molar-refractivity contribution in [1.29, 1.82) is 0 Å². The van der Waals surface area contributed by atoms with E-state index in [-0.39, 0.29) is 5.91 Å². The number of H-pyrrole nitrogens is 1. The molecule has 4 nitrogen and oxygen atoms in total. The van der Waals surface area contributed by atoms with E-state index in [1.165, 1.54) is 0 Å². The van der Waals surface area contributed by atoms with E-state index in [0.717, 1.165) is 5.69 Å². The quantitative estimate of drug-likeness (QED) is 0.663. The largest absolute Gasteiger partial charge is 0.357 e. The summed E-state index contributed by atoms with van der Waals surface area (Å²) in [4.78, 5) is 14.3. The number of hydrogen-bond acceptors (Lipinski definition) is 2. The number of carbonyl (C=O) groups excluding carboxylic acids is 1. The third kappa shape index (κ3) is 2.37. The maximum Gasteiger partial charge on any atom is 0.286 e. The first-order valence-corrected chi connectivity index (χ1v) is 4.61. The third-order valence-electron chi connectivity index (χ3n) is 1.94. The lowest BCUT2D eigenvalue weighted by molar-refractivity contribution is 0.0958. The Bertz CT molecular complexity index is 422. The van der Waals surface area contributed by atoms with Gasteiger partial charge in [-0.05, 0) is 24.3 Å². The van der Waals surface area contributed by atoms with Crippen molar-refractivity contribution in [1.82, 2.24) is 10.4 Å². The molecule has 0 bridgehead atoms. The van der Waals surface area contributed by atoms with Crippen molar-refractivity contribution in [2.45, 2.75) is 0 Å². The van der Waals surface area contributed by atoms with Crippen LogP contribution in [0.1, 0.15) is 10.5 Å². The van der Waals surface area contributed by atoms with Gasteiger partial charge in [0, 0.05) is 6.20 Å². The average Bonchev–Trinajstić information content (AvgIpc) is 2.81.